The van der Waals surface area contributed by atoms with Crippen molar-refractivity contribution < 1.29 is 14.3 Å². The van der Waals surface area contributed by atoms with Gasteiger partial charge in [0.1, 0.15) is 11.5 Å². The topological polar surface area (TPSA) is 80.3 Å². The molecule has 0 spiro atoms. The van der Waals surface area contributed by atoms with Crippen LogP contribution in [0.2, 0.25) is 0 Å². The fraction of sp³-hybridized carbons (Fsp3) is 0.150. The summed E-state index contributed by atoms with van der Waals surface area (Å²) in [5.41, 5.74) is 0.517. The van der Waals surface area contributed by atoms with Crippen LogP contribution in [-0.2, 0) is 16.0 Å². The van der Waals surface area contributed by atoms with Gasteiger partial charge < -0.3 is 15.4 Å². The first-order valence-electron chi connectivity index (χ1n) is 8.42. The molecule has 0 fully saturated rings. The van der Waals surface area contributed by atoms with Crippen molar-refractivity contribution in [3.63, 3.8) is 0 Å². The lowest BCUT2D eigenvalue weighted by molar-refractivity contribution is -0.136. The fourth-order valence-electron chi connectivity index (χ4n) is 2.41. The first-order valence-corrected chi connectivity index (χ1v) is 9.30. The number of rotatable bonds is 6. The lowest BCUT2D eigenvalue weighted by Gasteiger charge is -2.13. The minimum absolute atomic E-state index is 0.127. The maximum absolute atomic E-state index is 12.1. The molecule has 0 radical (unpaired) electrons. The zero-order valence-corrected chi connectivity index (χ0v) is 15.5. The van der Waals surface area contributed by atoms with Gasteiger partial charge in [-0.25, -0.2) is 0 Å². The molecule has 3 rings (SSSR count). The maximum atomic E-state index is 12.1. The van der Waals surface area contributed by atoms with Crippen LogP contribution in [0.3, 0.4) is 0 Å². The number of benzene rings is 1. The molecule has 7 heteroatoms. The second kappa shape index (κ2) is 8.95. The van der Waals surface area contributed by atoms with Crippen LogP contribution >= 0.6 is 11.3 Å². The number of carbonyl (C=O) groups is 2. The van der Waals surface area contributed by atoms with Crippen LogP contribution in [0.4, 0.5) is 5.69 Å². The molecule has 138 valence electrons. The molecular formula is C20H19N3O3S. The van der Waals surface area contributed by atoms with Gasteiger partial charge in [0.05, 0.1) is 0 Å². The third-order valence-electron chi connectivity index (χ3n) is 3.67. The molecular weight excluding hydrogens is 362 g/mol. The van der Waals surface area contributed by atoms with Crippen LogP contribution < -0.4 is 15.4 Å². The van der Waals surface area contributed by atoms with Gasteiger partial charge in [-0.05, 0) is 54.8 Å². The van der Waals surface area contributed by atoms with Gasteiger partial charge in [-0.1, -0.05) is 6.07 Å². The number of carbonyl (C=O) groups excluding carboxylic acids is 2. The maximum Gasteiger partial charge on any atom is 0.313 e. The van der Waals surface area contributed by atoms with Crippen molar-refractivity contribution >= 4 is 28.8 Å². The second-order valence-electron chi connectivity index (χ2n) is 5.92. The zero-order chi connectivity index (χ0) is 19.1. The smallest absolute Gasteiger partial charge is 0.313 e. The van der Waals surface area contributed by atoms with E-state index < -0.39 is 11.8 Å². The fourth-order valence-corrected chi connectivity index (χ4v) is 3.24. The van der Waals surface area contributed by atoms with E-state index in [0.717, 1.165) is 4.88 Å². The summed E-state index contributed by atoms with van der Waals surface area (Å²) in [6, 6.07) is 14.1. The number of hydrogen-bond acceptors (Lipinski definition) is 5. The largest absolute Gasteiger partial charge is 0.457 e. The number of nitrogens with zero attached hydrogens (tertiary/aromatic N) is 1. The van der Waals surface area contributed by atoms with Gasteiger partial charge in [0, 0.05) is 35.4 Å². The van der Waals surface area contributed by atoms with Gasteiger partial charge in [-0.15, -0.1) is 11.3 Å². The Kier molecular flexibility index (Phi) is 6.17. The summed E-state index contributed by atoms with van der Waals surface area (Å²) in [6.45, 7) is 1.87. The van der Waals surface area contributed by atoms with Crippen molar-refractivity contribution in [2.45, 2.75) is 19.4 Å². The number of hydrogen-bond donors (Lipinski definition) is 2. The van der Waals surface area contributed by atoms with Gasteiger partial charge >= 0.3 is 11.8 Å². The van der Waals surface area contributed by atoms with E-state index in [9.17, 15) is 9.59 Å². The van der Waals surface area contributed by atoms with Gasteiger partial charge in [0.25, 0.3) is 0 Å². The Hall–Kier alpha value is -3.19. The minimum atomic E-state index is -0.698. The van der Waals surface area contributed by atoms with Crippen molar-refractivity contribution in [3.8, 4) is 11.5 Å². The summed E-state index contributed by atoms with van der Waals surface area (Å²) in [5, 5.41) is 7.28. The Labute approximate surface area is 161 Å². The quantitative estimate of drug-likeness (QED) is 0.639. The average molecular weight is 381 g/mol. The lowest BCUT2D eigenvalue weighted by Crippen LogP contribution is -2.41. The van der Waals surface area contributed by atoms with Crippen LogP contribution in [0, 0.1) is 0 Å². The van der Waals surface area contributed by atoms with Gasteiger partial charge in [0.2, 0.25) is 0 Å². The van der Waals surface area contributed by atoms with Crippen molar-refractivity contribution in [2.75, 3.05) is 5.32 Å². The summed E-state index contributed by atoms with van der Waals surface area (Å²) in [7, 11) is 0. The van der Waals surface area contributed by atoms with Gasteiger partial charge in [0.15, 0.2) is 0 Å². The first-order chi connectivity index (χ1) is 13.1. The minimum Gasteiger partial charge on any atom is -0.457 e. The van der Waals surface area contributed by atoms with Crippen LogP contribution in [0.15, 0.2) is 66.3 Å². The van der Waals surface area contributed by atoms with Crippen molar-refractivity contribution in [2.24, 2.45) is 0 Å². The Morgan fingerprint density at radius 3 is 2.41 bits per heavy atom. The Bertz CT molecular complexity index is 881. The normalized spacial score (nSPS) is 11.4. The molecule has 0 aliphatic carbocycles. The molecule has 2 N–H and O–H groups in total. The van der Waals surface area contributed by atoms with Gasteiger partial charge in [-0.3, -0.25) is 14.6 Å². The summed E-state index contributed by atoms with van der Waals surface area (Å²) < 4.78 is 5.66. The highest BCUT2D eigenvalue weighted by Crippen LogP contribution is 2.22. The van der Waals surface area contributed by atoms with Crippen LogP contribution in [-0.4, -0.2) is 22.8 Å². The van der Waals surface area contributed by atoms with E-state index in [1.807, 2.05) is 24.4 Å². The number of nitrogens with one attached hydrogen (secondary N) is 2. The molecule has 0 bridgehead atoms. The molecule has 2 heterocycles. The third-order valence-corrected chi connectivity index (χ3v) is 4.57. The number of anilines is 1. The molecule has 2 aromatic heterocycles. The second-order valence-corrected chi connectivity index (χ2v) is 6.95. The summed E-state index contributed by atoms with van der Waals surface area (Å²) in [5.74, 6) is -0.0684. The van der Waals surface area contributed by atoms with Crippen LogP contribution in [0.25, 0.3) is 0 Å². The molecule has 0 saturated carbocycles. The summed E-state index contributed by atoms with van der Waals surface area (Å²) in [4.78, 5) is 29.2. The molecule has 0 saturated heterocycles. The van der Waals surface area contributed by atoms with Gasteiger partial charge in [-0.2, -0.15) is 0 Å². The highest BCUT2D eigenvalue weighted by molar-refractivity contribution is 7.09. The first kappa shape index (κ1) is 18.6. The zero-order valence-electron chi connectivity index (χ0n) is 14.7. The van der Waals surface area contributed by atoms with Crippen molar-refractivity contribution in [1.82, 2.24) is 10.3 Å². The van der Waals surface area contributed by atoms with Crippen molar-refractivity contribution in [1.29, 1.82) is 0 Å². The Morgan fingerprint density at radius 2 is 1.74 bits per heavy atom. The number of aromatic nitrogens is 1. The van der Waals surface area contributed by atoms with E-state index in [0.29, 0.717) is 23.6 Å². The highest BCUT2D eigenvalue weighted by atomic mass is 32.1. The molecule has 1 atom stereocenters. The summed E-state index contributed by atoms with van der Waals surface area (Å²) in [6.07, 6.45) is 3.97. The molecule has 0 aliphatic rings. The molecule has 0 unspecified atom stereocenters. The number of thiophene rings is 1. The monoisotopic (exact) mass is 381 g/mol. The predicted octanol–water partition coefficient (Wildman–Crippen LogP) is 3.62. The number of ether oxygens (including phenoxy) is 1. The standard InChI is InChI=1S/C20H19N3O3S/c1-14(13-18-3-2-12-27-18)22-19(24)20(25)23-15-4-6-16(7-5-15)26-17-8-10-21-11-9-17/h2-12,14H,13H2,1H3,(H,22,24)(H,23,25)/t14-/m1/s1. The molecule has 0 aliphatic heterocycles. The Morgan fingerprint density at radius 1 is 1.04 bits per heavy atom. The SMILES string of the molecule is C[C@H](Cc1cccs1)NC(=O)C(=O)Nc1ccc(Oc2ccncc2)cc1. The third kappa shape index (κ3) is 5.65. The summed E-state index contributed by atoms with van der Waals surface area (Å²) >= 11 is 1.62. The lowest BCUT2D eigenvalue weighted by atomic mass is 10.2. The average Bonchev–Trinajstić information content (AvgIpc) is 3.17. The predicted molar refractivity (Wildman–Crippen MR) is 105 cm³/mol. The number of amides is 2. The molecule has 6 nitrogen and oxygen atoms in total. The molecule has 2 amide bonds. The van der Waals surface area contributed by atoms with Crippen molar-refractivity contribution in [3.05, 3.63) is 71.2 Å². The van der Waals surface area contributed by atoms with E-state index in [-0.39, 0.29) is 6.04 Å². The molecule has 3 aromatic rings. The van der Waals surface area contributed by atoms with E-state index in [1.54, 1.807) is 60.1 Å². The molecule has 27 heavy (non-hydrogen) atoms. The van der Waals surface area contributed by atoms with Crippen LogP contribution in [0.1, 0.15) is 11.8 Å². The Balaban J connectivity index is 1.50. The molecule has 1 aromatic carbocycles. The van der Waals surface area contributed by atoms with E-state index in [1.165, 1.54) is 0 Å². The van der Waals surface area contributed by atoms with E-state index in [2.05, 4.69) is 15.6 Å². The van der Waals surface area contributed by atoms with Crippen LogP contribution in [0.5, 0.6) is 11.5 Å². The highest BCUT2D eigenvalue weighted by Gasteiger charge is 2.16. The number of pyridine rings is 1. The van der Waals surface area contributed by atoms with E-state index in [4.69, 9.17) is 4.74 Å². The van der Waals surface area contributed by atoms with E-state index >= 15 is 0 Å².